The van der Waals surface area contributed by atoms with E-state index in [0.717, 1.165) is 16.5 Å². The number of aromatic amines is 1. The highest BCUT2D eigenvalue weighted by Gasteiger charge is 2.65. The fourth-order valence-corrected chi connectivity index (χ4v) is 4.93. The number of fused-ring (bicyclic) bond motifs is 3. The summed E-state index contributed by atoms with van der Waals surface area (Å²) in [5, 5.41) is 14.1. The smallest absolute Gasteiger partial charge is 0.491 e. The Labute approximate surface area is 202 Å². The molecule has 3 N–H and O–H groups in total. The number of nitrogens with one attached hydrogen (secondary N) is 3. The average molecular weight is 496 g/mol. The highest BCUT2D eigenvalue weighted by atomic mass is 19.4. The monoisotopic (exact) mass is 496 g/mol. The van der Waals surface area contributed by atoms with Crippen molar-refractivity contribution in [1.29, 1.82) is 0 Å². The summed E-state index contributed by atoms with van der Waals surface area (Å²) >= 11 is 0. The first-order valence-corrected chi connectivity index (χ1v) is 11.0. The summed E-state index contributed by atoms with van der Waals surface area (Å²) in [6.07, 6.45) is -2.77. The van der Waals surface area contributed by atoms with Gasteiger partial charge in [-0.15, -0.1) is 13.2 Å². The van der Waals surface area contributed by atoms with Crippen molar-refractivity contribution in [2.24, 2.45) is 0 Å². The molecular formula is C24H19F3N6O3. The standard InChI is InChI=1S/C24H19F3N6O3/c1-11-28-10-19(35-2)21(29-11)31-20-14-5-3-12(7-18(14)32-33-20)16-9-23(16)15-8-13(36-24(25,26)27)4-6-17(15)30-22(23)34/h3-8,10,16H,9H2,1-2H3,(H,30,34)(H2,28,29,31,32,33)/t16-,23+/m0/s1. The molecule has 6 rings (SSSR count). The van der Waals surface area contributed by atoms with Gasteiger partial charge in [-0.1, -0.05) is 6.07 Å². The number of aryl methyl sites for hydroxylation is 1. The maximum Gasteiger partial charge on any atom is 0.573 e. The Kier molecular flexibility index (Phi) is 4.66. The van der Waals surface area contributed by atoms with E-state index in [2.05, 4.69) is 35.5 Å². The molecule has 36 heavy (non-hydrogen) atoms. The van der Waals surface area contributed by atoms with Crippen molar-refractivity contribution in [3.63, 3.8) is 0 Å². The third-order valence-electron chi connectivity index (χ3n) is 6.64. The van der Waals surface area contributed by atoms with Crippen LogP contribution >= 0.6 is 0 Å². The zero-order valence-corrected chi connectivity index (χ0v) is 19.0. The summed E-state index contributed by atoms with van der Waals surface area (Å²) in [5.74, 6) is 1.26. The Morgan fingerprint density at radius 1 is 1.17 bits per heavy atom. The van der Waals surface area contributed by atoms with Crippen molar-refractivity contribution in [3.05, 3.63) is 59.5 Å². The molecule has 0 unspecified atom stereocenters. The van der Waals surface area contributed by atoms with Crippen LogP contribution in [0.5, 0.6) is 11.5 Å². The van der Waals surface area contributed by atoms with Crippen LogP contribution in [0.4, 0.5) is 30.5 Å². The van der Waals surface area contributed by atoms with E-state index < -0.39 is 11.8 Å². The number of ether oxygens (including phenoxy) is 2. The molecule has 1 spiro atoms. The van der Waals surface area contributed by atoms with E-state index >= 15 is 0 Å². The van der Waals surface area contributed by atoms with Crippen LogP contribution in [0.25, 0.3) is 10.9 Å². The van der Waals surface area contributed by atoms with Crippen LogP contribution < -0.4 is 20.1 Å². The molecule has 1 saturated carbocycles. The Morgan fingerprint density at radius 3 is 2.78 bits per heavy atom. The molecule has 12 heteroatoms. The van der Waals surface area contributed by atoms with Gasteiger partial charge >= 0.3 is 6.36 Å². The summed E-state index contributed by atoms with van der Waals surface area (Å²) in [6, 6.07) is 9.61. The average Bonchev–Trinajstić information content (AvgIpc) is 3.38. The second-order valence-corrected chi connectivity index (χ2v) is 8.77. The summed E-state index contributed by atoms with van der Waals surface area (Å²) in [5.41, 5.74) is 1.69. The van der Waals surface area contributed by atoms with Crippen LogP contribution in [0.15, 0.2) is 42.6 Å². The number of H-pyrrole nitrogens is 1. The highest BCUT2D eigenvalue weighted by molar-refractivity contribution is 6.10. The molecule has 2 aliphatic rings. The fraction of sp³-hybridized carbons (Fsp3) is 0.250. The molecule has 9 nitrogen and oxygen atoms in total. The normalized spacial score (nSPS) is 20.4. The van der Waals surface area contributed by atoms with E-state index in [1.807, 2.05) is 18.2 Å². The predicted molar refractivity (Wildman–Crippen MR) is 123 cm³/mol. The van der Waals surface area contributed by atoms with Crippen LogP contribution in [0.3, 0.4) is 0 Å². The second kappa shape index (κ2) is 7.57. The number of alkyl halides is 3. The van der Waals surface area contributed by atoms with E-state index in [-0.39, 0.29) is 17.6 Å². The number of benzene rings is 2. The van der Waals surface area contributed by atoms with Gasteiger partial charge in [0.1, 0.15) is 11.6 Å². The lowest BCUT2D eigenvalue weighted by Crippen LogP contribution is -2.21. The molecule has 1 fully saturated rings. The largest absolute Gasteiger partial charge is 0.573 e. The molecule has 0 bridgehead atoms. The Balaban J connectivity index is 1.30. The van der Waals surface area contributed by atoms with E-state index in [9.17, 15) is 18.0 Å². The maximum absolute atomic E-state index is 12.9. The predicted octanol–water partition coefficient (Wildman–Crippen LogP) is 4.69. The van der Waals surface area contributed by atoms with Crippen LogP contribution in [-0.2, 0) is 10.2 Å². The topological polar surface area (TPSA) is 114 Å². The zero-order chi connectivity index (χ0) is 25.2. The van der Waals surface area contributed by atoms with Crippen molar-refractivity contribution in [2.45, 2.75) is 31.0 Å². The van der Waals surface area contributed by atoms with Gasteiger partial charge in [0, 0.05) is 17.0 Å². The van der Waals surface area contributed by atoms with E-state index in [4.69, 9.17) is 4.74 Å². The third-order valence-corrected chi connectivity index (χ3v) is 6.64. The number of carbonyl (C=O) groups is 1. The third kappa shape index (κ3) is 3.48. The number of halogens is 3. The number of anilines is 3. The molecule has 4 aromatic rings. The Bertz CT molecular complexity index is 1540. The minimum atomic E-state index is -4.81. The number of rotatable bonds is 5. The minimum Gasteiger partial charge on any atom is -0.491 e. The lowest BCUT2D eigenvalue weighted by atomic mass is 9.91. The van der Waals surface area contributed by atoms with Crippen molar-refractivity contribution in [3.8, 4) is 11.5 Å². The number of aromatic nitrogens is 4. The van der Waals surface area contributed by atoms with Crippen molar-refractivity contribution >= 4 is 34.1 Å². The first kappa shape index (κ1) is 22.1. The van der Waals surface area contributed by atoms with Crippen LogP contribution in [0.1, 0.15) is 29.3 Å². The van der Waals surface area contributed by atoms with Gasteiger partial charge in [0.15, 0.2) is 17.4 Å². The molecule has 2 aromatic heterocycles. The lowest BCUT2D eigenvalue weighted by Gasteiger charge is -2.12. The van der Waals surface area contributed by atoms with Gasteiger partial charge in [0.25, 0.3) is 0 Å². The van der Waals surface area contributed by atoms with Crippen molar-refractivity contribution in [1.82, 2.24) is 20.2 Å². The molecule has 1 aliphatic carbocycles. The maximum atomic E-state index is 12.9. The van der Waals surface area contributed by atoms with Crippen LogP contribution in [0.2, 0.25) is 0 Å². The number of hydrogen-bond acceptors (Lipinski definition) is 7. The molecule has 0 radical (unpaired) electrons. The fourth-order valence-electron chi connectivity index (χ4n) is 4.93. The number of amides is 1. The quantitative estimate of drug-likeness (QED) is 0.367. The molecule has 2 aromatic carbocycles. The van der Waals surface area contributed by atoms with Gasteiger partial charge in [-0.3, -0.25) is 9.89 Å². The highest BCUT2D eigenvalue weighted by Crippen LogP contribution is 2.65. The first-order chi connectivity index (χ1) is 17.2. The van der Waals surface area contributed by atoms with Gasteiger partial charge in [0.2, 0.25) is 5.91 Å². The van der Waals surface area contributed by atoms with E-state index in [1.54, 1.807) is 13.1 Å². The van der Waals surface area contributed by atoms with Crippen LogP contribution in [-0.4, -0.2) is 39.5 Å². The van der Waals surface area contributed by atoms with Gasteiger partial charge in [0.05, 0.1) is 24.2 Å². The molecule has 1 aliphatic heterocycles. The molecule has 3 heterocycles. The number of hydrogen-bond donors (Lipinski definition) is 3. The van der Waals surface area contributed by atoms with Gasteiger partial charge in [-0.25, -0.2) is 9.97 Å². The molecule has 184 valence electrons. The summed E-state index contributed by atoms with van der Waals surface area (Å²) in [7, 11) is 1.52. The molecular weight excluding hydrogens is 477 g/mol. The van der Waals surface area contributed by atoms with E-state index in [1.165, 1.54) is 25.3 Å². The number of methoxy groups -OCH3 is 1. The second-order valence-electron chi connectivity index (χ2n) is 8.77. The molecule has 1 amide bonds. The van der Waals surface area contributed by atoms with E-state index in [0.29, 0.717) is 40.9 Å². The summed E-state index contributed by atoms with van der Waals surface area (Å²) in [6.45, 7) is 1.76. The van der Waals surface area contributed by atoms with Crippen molar-refractivity contribution in [2.75, 3.05) is 17.7 Å². The van der Waals surface area contributed by atoms with Crippen molar-refractivity contribution < 1.29 is 27.4 Å². The van der Waals surface area contributed by atoms with Gasteiger partial charge in [-0.05, 0) is 54.8 Å². The van der Waals surface area contributed by atoms with Gasteiger partial charge < -0.3 is 20.1 Å². The summed E-state index contributed by atoms with van der Waals surface area (Å²) < 4.78 is 47.6. The molecule has 2 atom stereocenters. The minimum absolute atomic E-state index is 0.200. The zero-order valence-electron chi connectivity index (χ0n) is 19.0. The first-order valence-electron chi connectivity index (χ1n) is 11.0. The Hall–Kier alpha value is -4.35. The summed E-state index contributed by atoms with van der Waals surface area (Å²) in [4.78, 5) is 21.4. The number of carbonyl (C=O) groups excluding carboxylic acids is 1. The van der Waals surface area contributed by atoms with Gasteiger partial charge in [-0.2, -0.15) is 5.10 Å². The SMILES string of the molecule is COc1cnc(C)nc1Nc1n[nH]c2cc([C@@H]3C[C@]34C(=O)Nc3ccc(OC(F)(F)F)cc34)ccc12. The lowest BCUT2D eigenvalue weighted by molar-refractivity contribution is -0.274. The number of nitrogens with zero attached hydrogens (tertiary/aromatic N) is 3. The molecule has 0 saturated heterocycles. The Morgan fingerprint density at radius 2 is 2.00 bits per heavy atom. The van der Waals surface area contributed by atoms with Crippen LogP contribution in [0, 0.1) is 6.92 Å².